The zero-order valence-corrected chi connectivity index (χ0v) is 13.4. The number of carbonyl (C=O) groups excluding carboxylic acids is 1. The summed E-state index contributed by atoms with van der Waals surface area (Å²) in [7, 11) is 0. The smallest absolute Gasteiger partial charge is 0.276 e. The summed E-state index contributed by atoms with van der Waals surface area (Å²) < 4.78 is 0. The fourth-order valence-corrected chi connectivity index (χ4v) is 3.41. The van der Waals surface area contributed by atoms with E-state index in [2.05, 4.69) is 15.3 Å². The Morgan fingerprint density at radius 2 is 1.88 bits per heavy atom. The molecule has 0 radical (unpaired) electrons. The van der Waals surface area contributed by atoms with Gasteiger partial charge in [-0.3, -0.25) is 4.79 Å². The fourth-order valence-electron chi connectivity index (χ4n) is 3.13. The molecule has 1 amide bonds. The number of aromatic hydroxyl groups is 1. The third kappa shape index (κ3) is 2.47. The molecule has 0 aliphatic heterocycles. The summed E-state index contributed by atoms with van der Waals surface area (Å²) in [5, 5.41) is 13.7. The second-order valence-corrected chi connectivity index (χ2v) is 6.16. The fraction of sp³-hybridized carbons (Fsp3) is 0.167. The van der Waals surface area contributed by atoms with E-state index < -0.39 is 5.91 Å². The molecule has 120 valence electrons. The molecule has 1 aromatic heterocycles. The molecule has 6 heteroatoms. The van der Waals surface area contributed by atoms with E-state index in [4.69, 9.17) is 11.6 Å². The second-order valence-electron chi connectivity index (χ2n) is 5.76. The average Bonchev–Trinajstić information content (AvgIpc) is 2.98. The molecular weight excluding hydrogens is 326 g/mol. The molecule has 2 aromatic carbocycles. The molecule has 2 N–H and O–H groups in total. The first-order valence-corrected chi connectivity index (χ1v) is 8.05. The third-order valence-electron chi connectivity index (χ3n) is 4.29. The van der Waals surface area contributed by atoms with Gasteiger partial charge in [0.05, 0.1) is 17.1 Å². The Kier molecular flexibility index (Phi) is 3.58. The largest absolute Gasteiger partial charge is 0.492 e. The minimum Gasteiger partial charge on any atom is -0.492 e. The summed E-state index contributed by atoms with van der Waals surface area (Å²) in [6.45, 7) is 0. The second kappa shape index (κ2) is 5.76. The van der Waals surface area contributed by atoms with Crippen LogP contribution >= 0.6 is 11.6 Å². The molecule has 0 spiro atoms. The SMILES string of the molecule is O=C(NC1CCc2c(Cl)cccc21)c1nc2ccccc2nc1O. The maximum Gasteiger partial charge on any atom is 0.276 e. The Hall–Kier alpha value is -2.66. The van der Waals surface area contributed by atoms with Gasteiger partial charge in [-0.05, 0) is 42.2 Å². The lowest BCUT2D eigenvalue weighted by atomic mass is 10.1. The van der Waals surface area contributed by atoms with Crippen LogP contribution in [-0.2, 0) is 6.42 Å². The van der Waals surface area contributed by atoms with E-state index in [9.17, 15) is 9.90 Å². The zero-order chi connectivity index (χ0) is 16.7. The molecular formula is C18H14ClN3O2. The van der Waals surface area contributed by atoms with Gasteiger partial charge in [0.15, 0.2) is 5.69 Å². The quantitative estimate of drug-likeness (QED) is 0.750. The first-order valence-electron chi connectivity index (χ1n) is 7.67. The zero-order valence-electron chi connectivity index (χ0n) is 12.7. The van der Waals surface area contributed by atoms with Gasteiger partial charge < -0.3 is 10.4 Å². The molecule has 3 aromatic rings. The number of benzene rings is 2. The van der Waals surface area contributed by atoms with Crippen LogP contribution in [0, 0.1) is 0 Å². The predicted molar refractivity (Wildman–Crippen MR) is 91.2 cm³/mol. The van der Waals surface area contributed by atoms with E-state index in [1.165, 1.54) is 0 Å². The number of hydrogen-bond acceptors (Lipinski definition) is 4. The number of halogens is 1. The number of nitrogens with zero attached hydrogens (tertiary/aromatic N) is 2. The summed E-state index contributed by atoms with van der Waals surface area (Å²) >= 11 is 6.20. The highest BCUT2D eigenvalue weighted by atomic mass is 35.5. The Morgan fingerprint density at radius 3 is 2.67 bits per heavy atom. The van der Waals surface area contributed by atoms with Gasteiger partial charge in [-0.2, -0.15) is 0 Å². The number of carbonyl (C=O) groups is 1. The van der Waals surface area contributed by atoms with E-state index in [0.29, 0.717) is 11.0 Å². The normalized spacial score (nSPS) is 16.1. The standard InChI is InChI=1S/C18H14ClN3O2/c19-12-5-3-4-11-10(12)8-9-13(11)21-17(23)16-18(24)22-15-7-2-1-6-14(15)20-16/h1-7,13H,8-9H2,(H,21,23)(H,22,24). The Morgan fingerprint density at radius 1 is 1.12 bits per heavy atom. The van der Waals surface area contributed by atoms with Crippen molar-refractivity contribution in [1.82, 2.24) is 15.3 Å². The van der Waals surface area contributed by atoms with Crippen LogP contribution in [-0.4, -0.2) is 21.0 Å². The molecule has 1 atom stereocenters. The lowest BCUT2D eigenvalue weighted by molar-refractivity contribution is 0.0928. The summed E-state index contributed by atoms with van der Waals surface area (Å²) in [4.78, 5) is 20.8. The molecule has 1 aliphatic carbocycles. The van der Waals surface area contributed by atoms with Gasteiger partial charge in [0.1, 0.15) is 0 Å². The van der Waals surface area contributed by atoms with Gasteiger partial charge in [-0.25, -0.2) is 9.97 Å². The van der Waals surface area contributed by atoms with Crippen molar-refractivity contribution in [2.45, 2.75) is 18.9 Å². The van der Waals surface area contributed by atoms with Gasteiger partial charge in [0.25, 0.3) is 5.91 Å². The first-order chi connectivity index (χ1) is 11.6. The van der Waals surface area contributed by atoms with Crippen LogP contribution < -0.4 is 5.32 Å². The predicted octanol–water partition coefficient (Wildman–Crippen LogP) is 3.41. The van der Waals surface area contributed by atoms with Crippen molar-refractivity contribution in [2.24, 2.45) is 0 Å². The number of para-hydroxylation sites is 2. The maximum absolute atomic E-state index is 12.6. The van der Waals surface area contributed by atoms with Crippen LogP contribution in [0.4, 0.5) is 0 Å². The van der Waals surface area contributed by atoms with E-state index >= 15 is 0 Å². The van der Waals surface area contributed by atoms with Crippen LogP contribution in [0.5, 0.6) is 5.88 Å². The first kappa shape index (κ1) is 14.9. The van der Waals surface area contributed by atoms with Crippen molar-refractivity contribution in [2.75, 3.05) is 0 Å². The molecule has 0 fully saturated rings. The Labute approximate surface area is 143 Å². The van der Waals surface area contributed by atoms with Gasteiger partial charge in [-0.1, -0.05) is 35.9 Å². The average molecular weight is 340 g/mol. The minimum absolute atomic E-state index is 0.0656. The lowest BCUT2D eigenvalue weighted by Gasteiger charge is -2.14. The highest BCUT2D eigenvalue weighted by Gasteiger charge is 2.27. The third-order valence-corrected chi connectivity index (χ3v) is 4.64. The van der Waals surface area contributed by atoms with Gasteiger partial charge >= 0.3 is 0 Å². The lowest BCUT2D eigenvalue weighted by Crippen LogP contribution is -2.28. The van der Waals surface area contributed by atoms with E-state index in [-0.39, 0.29) is 17.6 Å². The van der Waals surface area contributed by atoms with Crippen molar-refractivity contribution in [3.8, 4) is 5.88 Å². The number of fused-ring (bicyclic) bond motifs is 2. The molecule has 0 saturated heterocycles. The Bertz CT molecular complexity index is 958. The Balaban J connectivity index is 1.64. The molecule has 1 aliphatic rings. The molecule has 4 rings (SSSR count). The molecule has 1 heterocycles. The van der Waals surface area contributed by atoms with Crippen LogP contribution in [0.15, 0.2) is 42.5 Å². The highest BCUT2D eigenvalue weighted by molar-refractivity contribution is 6.31. The number of aromatic nitrogens is 2. The van der Waals surface area contributed by atoms with Crippen molar-refractivity contribution in [3.63, 3.8) is 0 Å². The van der Waals surface area contributed by atoms with Gasteiger partial charge in [0, 0.05) is 5.02 Å². The van der Waals surface area contributed by atoms with Crippen molar-refractivity contribution in [3.05, 3.63) is 64.3 Å². The van der Waals surface area contributed by atoms with Crippen LogP contribution in [0.2, 0.25) is 5.02 Å². The van der Waals surface area contributed by atoms with Gasteiger partial charge in [0.2, 0.25) is 5.88 Å². The summed E-state index contributed by atoms with van der Waals surface area (Å²) in [5.41, 5.74) is 3.13. The van der Waals surface area contributed by atoms with E-state index in [0.717, 1.165) is 29.0 Å². The molecule has 5 nitrogen and oxygen atoms in total. The number of amides is 1. The van der Waals surface area contributed by atoms with Crippen LogP contribution in [0.25, 0.3) is 11.0 Å². The molecule has 1 unspecified atom stereocenters. The number of rotatable bonds is 2. The topological polar surface area (TPSA) is 75.1 Å². The summed E-state index contributed by atoms with van der Waals surface area (Å²) in [6.07, 6.45) is 1.59. The van der Waals surface area contributed by atoms with Crippen LogP contribution in [0.3, 0.4) is 0 Å². The van der Waals surface area contributed by atoms with Gasteiger partial charge in [-0.15, -0.1) is 0 Å². The molecule has 24 heavy (non-hydrogen) atoms. The molecule has 0 saturated carbocycles. The monoisotopic (exact) mass is 339 g/mol. The van der Waals surface area contributed by atoms with E-state index in [1.807, 2.05) is 24.3 Å². The van der Waals surface area contributed by atoms with Crippen molar-refractivity contribution >= 4 is 28.5 Å². The minimum atomic E-state index is -0.441. The van der Waals surface area contributed by atoms with Crippen molar-refractivity contribution < 1.29 is 9.90 Å². The van der Waals surface area contributed by atoms with Crippen molar-refractivity contribution in [1.29, 1.82) is 0 Å². The molecule has 0 bridgehead atoms. The number of nitrogens with one attached hydrogen (secondary N) is 1. The summed E-state index contributed by atoms with van der Waals surface area (Å²) in [6, 6.07) is 12.6. The summed E-state index contributed by atoms with van der Waals surface area (Å²) in [5.74, 6) is -0.806. The highest BCUT2D eigenvalue weighted by Crippen LogP contribution is 2.35. The maximum atomic E-state index is 12.6. The van der Waals surface area contributed by atoms with E-state index in [1.54, 1.807) is 18.2 Å². The van der Waals surface area contributed by atoms with Crippen LogP contribution in [0.1, 0.15) is 34.1 Å². The number of hydrogen-bond donors (Lipinski definition) is 2.